The highest BCUT2D eigenvalue weighted by Gasteiger charge is 2.26. The molecule has 3 aromatic carbocycles. The summed E-state index contributed by atoms with van der Waals surface area (Å²) in [6.45, 7) is 5.13. The van der Waals surface area contributed by atoms with E-state index >= 15 is 0 Å². The second kappa shape index (κ2) is 8.19. The molecule has 0 amide bonds. The van der Waals surface area contributed by atoms with Gasteiger partial charge in [-0.25, -0.2) is 4.98 Å². The molecule has 0 N–H and O–H groups in total. The second-order valence-electron chi connectivity index (χ2n) is 7.72. The fraction of sp³-hybridized carbons (Fsp3) is 0.240. The molecule has 0 atom stereocenters. The van der Waals surface area contributed by atoms with E-state index in [0.29, 0.717) is 6.04 Å². The van der Waals surface area contributed by atoms with Crippen LogP contribution in [-0.4, -0.2) is 45.5 Å². The van der Waals surface area contributed by atoms with E-state index in [0.717, 1.165) is 38.4 Å². The van der Waals surface area contributed by atoms with Gasteiger partial charge in [-0.2, -0.15) is 0 Å². The van der Waals surface area contributed by atoms with Gasteiger partial charge in [0.25, 0.3) is 0 Å². The Labute approximate surface area is 172 Å². The summed E-state index contributed by atoms with van der Waals surface area (Å²) < 4.78 is 2.26. The summed E-state index contributed by atoms with van der Waals surface area (Å²) in [5, 5.41) is 0. The molecule has 4 aromatic rings. The minimum absolute atomic E-state index is 0.314. The van der Waals surface area contributed by atoms with Crippen LogP contribution in [0, 0.1) is 0 Å². The Bertz CT molecular complexity index is 1010. The van der Waals surface area contributed by atoms with Crippen molar-refractivity contribution in [1.29, 1.82) is 0 Å². The molecule has 4 nitrogen and oxygen atoms in total. The van der Waals surface area contributed by atoms with Gasteiger partial charge in [-0.1, -0.05) is 72.8 Å². The number of piperazine rings is 1. The molecule has 0 radical (unpaired) electrons. The minimum atomic E-state index is 0.314. The molecule has 0 aliphatic carbocycles. The van der Waals surface area contributed by atoms with Crippen molar-refractivity contribution >= 4 is 11.0 Å². The van der Waals surface area contributed by atoms with Crippen molar-refractivity contribution in [3.05, 3.63) is 102 Å². The molecule has 146 valence electrons. The van der Waals surface area contributed by atoms with Gasteiger partial charge < -0.3 is 4.57 Å². The third-order valence-corrected chi connectivity index (χ3v) is 5.88. The quantitative estimate of drug-likeness (QED) is 0.511. The van der Waals surface area contributed by atoms with E-state index in [1.807, 2.05) is 12.4 Å². The summed E-state index contributed by atoms with van der Waals surface area (Å²) in [5.74, 6) is 0. The minimum Gasteiger partial charge on any atom is -0.317 e. The Morgan fingerprint density at radius 2 is 1.28 bits per heavy atom. The van der Waals surface area contributed by atoms with Crippen LogP contribution in [0.1, 0.15) is 17.2 Å². The lowest BCUT2D eigenvalue weighted by Crippen LogP contribution is -2.48. The molecule has 0 spiro atoms. The maximum absolute atomic E-state index is 4.53. The van der Waals surface area contributed by atoms with Gasteiger partial charge >= 0.3 is 0 Å². The highest BCUT2D eigenvalue weighted by Crippen LogP contribution is 2.29. The zero-order valence-electron chi connectivity index (χ0n) is 16.6. The van der Waals surface area contributed by atoms with Gasteiger partial charge in [-0.3, -0.25) is 9.80 Å². The van der Waals surface area contributed by atoms with Crippen molar-refractivity contribution in [2.75, 3.05) is 26.2 Å². The van der Waals surface area contributed by atoms with Crippen LogP contribution in [0.2, 0.25) is 0 Å². The molecule has 2 heterocycles. The number of para-hydroxylation sites is 2. The van der Waals surface area contributed by atoms with Gasteiger partial charge in [0.2, 0.25) is 0 Å². The van der Waals surface area contributed by atoms with E-state index in [1.54, 1.807) is 0 Å². The maximum Gasteiger partial charge on any atom is 0.0969 e. The zero-order valence-corrected chi connectivity index (χ0v) is 16.6. The van der Waals surface area contributed by atoms with Crippen LogP contribution in [0.25, 0.3) is 11.0 Å². The third kappa shape index (κ3) is 3.82. The fourth-order valence-electron chi connectivity index (χ4n) is 4.39. The van der Waals surface area contributed by atoms with Crippen LogP contribution in [0.5, 0.6) is 0 Å². The molecular formula is C25H26N4. The van der Waals surface area contributed by atoms with Crippen LogP contribution in [0.4, 0.5) is 0 Å². The van der Waals surface area contributed by atoms with Gasteiger partial charge in [0, 0.05) is 26.2 Å². The summed E-state index contributed by atoms with van der Waals surface area (Å²) in [4.78, 5) is 9.68. The Morgan fingerprint density at radius 1 is 0.690 bits per heavy atom. The highest BCUT2D eigenvalue weighted by atomic mass is 15.3. The topological polar surface area (TPSA) is 24.3 Å². The largest absolute Gasteiger partial charge is 0.317 e. The van der Waals surface area contributed by atoms with Crippen molar-refractivity contribution in [1.82, 2.24) is 19.4 Å². The summed E-state index contributed by atoms with van der Waals surface area (Å²) in [7, 11) is 0. The molecule has 0 saturated carbocycles. The van der Waals surface area contributed by atoms with E-state index in [1.165, 1.54) is 16.6 Å². The first-order chi connectivity index (χ1) is 14.4. The molecule has 1 aliphatic heterocycles. The zero-order chi connectivity index (χ0) is 19.5. The van der Waals surface area contributed by atoms with Gasteiger partial charge in [0.1, 0.15) is 0 Å². The normalized spacial score (nSPS) is 15.9. The summed E-state index contributed by atoms with van der Waals surface area (Å²) in [6.07, 6.45) is 1.97. The second-order valence-corrected chi connectivity index (χ2v) is 7.72. The first kappa shape index (κ1) is 18.1. The predicted octanol–water partition coefficient (Wildman–Crippen LogP) is 4.40. The standard InChI is InChI=1S/C25H26N4/c1-3-9-21(10-4-1)25(22-11-5-2-6-12-22)28-17-15-27(16-18-28)20-29-19-26-23-13-7-8-14-24(23)29/h1-14,19,25H,15-18,20H2. The molecule has 0 unspecified atom stereocenters. The van der Waals surface area contributed by atoms with Crippen molar-refractivity contribution in [3.8, 4) is 0 Å². The Hall–Kier alpha value is -2.95. The molecule has 29 heavy (non-hydrogen) atoms. The SMILES string of the molecule is c1ccc(C(c2ccccc2)N2CCN(Cn3cnc4ccccc43)CC2)cc1. The number of aromatic nitrogens is 2. The van der Waals surface area contributed by atoms with E-state index in [9.17, 15) is 0 Å². The van der Waals surface area contributed by atoms with E-state index in [4.69, 9.17) is 0 Å². The molecule has 0 bridgehead atoms. The highest BCUT2D eigenvalue weighted by molar-refractivity contribution is 5.74. The van der Waals surface area contributed by atoms with Crippen molar-refractivity contribution < 1.29 is 0 Å². The number of benzene rings is 3. The number of imidazole rings is 1. The van der Waals surface area contributed by atoms with Crippen molar-refractivity contribution in [2.45, 2.75) is 12.7 Å². The van der Waals surface area contributed by atoms with Crippen LogP contribution in [-0.2, 0) is 6.67 Å². The number of fused-ring (bicyclic) bond motifs is 1. The average Bonchev–Trinajstić information content (AvgIpc) is 3.20. The number of hydrogen-bond acceptors (Lipinski definition) is 3. The summed E-state index contributed by atoms with van der Waals surface area (Å²) in [5.41, 5.74) is 5.02. The maximum atomic E-state index is 4.53. The van der Waals surface area contributed by atoms with Gasteiger partial charge in [0.05, 0.1) is 30.1 Å². The van der Waals surface area contributed by atoms with Crippen LogP contribution in [0.3, 0.4) is 0 Å². The predicted molar refractivity (Wildman–Crippen MR) is 118 cm³/mol. The van der Waals surface area contributed by atoms with Gasteiger partial charge in [-0.05, 0) is 23.3 Å². The van der Waals surface area contributed by atoms with Crippen LogP contribution >= 0.6 is 0 Å². The summed E-state index contributed by atoms with van der Waals surface area (Å²) in [6, 6.07) is 30.5. The fourth-order valence-corrected chi connectivity index (χ4v) is 4.39. The lowest BCUT2D eigenvalue weighted by Gasteiger charge is -2.39. The van der Waals surface area contributed by atoms with Crippen molar-refractivity contribution in [3.63, 3.8) is 0 Å². The third-order valence-electron chi connectivity index (χ3n) is 5.88. The monoisotopic (exact) mass is 382 g/mol. The lowest BCUT2D eigenvalue weighted by molar-refractivity contribution is 0.0895. The van der Waals surface area contributed by atoms with Crippen LogP contribution < -0.4 is 0 Å². The molecule has 1 saturated heterocycles. The number of nitrogens with zero attached hydrogens (tertiary/aromatic N) is 4. The smallest absolute Gasteiger partial charge is 0.0969 e. The molecule has 5 rings (SSSR count). The van der Waals surface area contributed by atoms with E-state index in [2.05, 4.69) is 98.2 Å². The van der Waals surface area contributed by atoms with Crippen molar-refractivity contribution in [2.24, 2.45) is 0 Å². The molecule has 4 heteroatoms. The molecule has 1 fully saturated rings. The van der Waals surface area contributed by atoms with Crippen LogP contribution in [0.15, 0.2) is 91.3 Å². The Kier molecular flexibility index (Phi) is 5.11. The van der Waals surface area contributed by atoms with E-state index < -0.39 is 0 Å². The average molecular weight is 383 g/mol. The Morgan fingerprint density at radius 3 is 1.93 bits per heavy atom. The molecule has 1 aliphatic rings. The molecule has 1 aromatic heterocycles. The first-order valence-electron chi connectivity index (χ1n) is 10.3. The van der Waals surface area contributed by atoms with Gasteiger partial charge in [-0.15, -0.1) is 0 Å². The Balaban J connectivity index is 1.31. The van der Waals surface area contributed by atoms with E-state index in [-0.39, 0.29) is 0 Å². The van der Waals surface area contributed by atoms with Gasteiger partial charge in [0.15, 0.2) is 0 Å². The first-order valence-corrected chi connectivity index (χ1v) is 10.3. The number of rotatable bonds is 5. The summed E-state index contributed by atoms with van der Waals surface area (Å²) >= 11 is 0. The lowest BCUT2D eigenvalue weighted by atomic mass is 9.96. The number of hydrogen-bond donors (Lipinski definition) is 0. The molecular weight excluding hydrogens is 356 g/mol.